The van der Waals surface area contributed by atoms with Gasteiger partial charge in [-0.2, -0.15) is 0 Å². The number of halogens is 1. The number of benzene rings is 2. The monoisotopic (exact) mass is 442 g/mol. The number of rotatable bonds is 5. The van der Waals surface area contributed by atoms with Crippen LogP contribution in [0, 0.1) is 5.82 Å². The molecule has 2 aromatic heterocycles. The van der Waals surface area contributed by atoms with Gasteiger partial charge >= 0.3 is 0 Å². The van der Waals surface area contributed by atoms with Gasteiger partial charge in [0.2, 0.25) is 5.95 Å². The number of hydrogen-bond acceptors (Lipinski definition) is 6. The molecule has 1 amide bonds. The lowest BCUT2D eigenvalue weighted by molar-refractivity contribution is 0.0968. The molecule has 2 aromatic carbocycles. The zero-order valence-corrected chi connectivity index (χ0v) is 17.9. The molecule has 33 heavy (non-hydrogen) atoms. The fourth-order valence-corrected chi connectivity index (χ4v) is 4.17. The van der Waals surface area contributed by atoms with E-state index in [9.17, 15) is 4.79 Å². The highest BCUT2D eigenvalue weighted by Gasteiger charge is 2.31. The van der Waals surface area contributed by atoms with Crippen LogP contribution < -0.4 is 15.5 Å². The smallest absolute Gasteiger partial charge is 0.262 e. The molecule has 1 atom stereocenters. The standard InChI is InChI=1S/C25H23FN6O/c26-22-15-18(31-25-29-12-4-13-30-25)8-9-21(22)24(33)32(19-6-3-11-27-16-19)23-20-7-2-1-5-17(20)10-14-28-23/h1-2,4-5,7-10,12-15,19,27H,3,6,11,16H2,(H,29,30,31)/t19-/m1/s1. The number of amides is 1. The molecule has 3 heterocycles. The van der Waals surface area contributed by atoms with E-state index in [0.29, 0.717) is 24.0 Å². The summed E-state index contributed by atoms with van der Waals surface area (Å²) in [5.74, 6) is -0.126. The van der Waals surface area contributed by atoms with Gasteiger partial charge in [-0.05, 0) is 55.1 Å². The van der Waals surface area contributed by atoms with Crippen LogP contribution in [0.4, 0.5) is 21.8 Å². The lowest BCUT2D eigenvalue weighted by Crippen LogP contribution is -2.49. The number of fused-ring (bicyclic) bond motifs is 1. The number of hydrogen-bond donors (Lipinski definition) is 2. The number of carbonyl (C=O) groups excluding carboxylic acids is 1. The van der Waals surface area contributed by atoms with Gasteiger partial charge in [-0.3, -0.25) is 9.69 Å². The lowest BCUT2D eigenvalue weighted by atomic mass is 10.0. The van der Waals surface area contributed by atoms with Crippen molar-refractivity contribution in [1.82, 2.24) is 20.3 Å². The minimum absolute atomic E-state index is 0.00478. The number of pyridine rings is 1. The molecule has 1 saturated heterocycles. The first-order chi connectivity index (χ1) is 16.2. The molecular formula is C25H23FN6O. The Kier molecular flexibility index (Phi) is 5.91. The van der Waals surface area contributed by atoms with Crippen LogP contribution >= 0.6 is 0 Å². The average Bonchev–Trinajstić information content (AvgIpc) is 2.86. The second kappa shape index (κ2) is 9.30. The van der Waals surface area contributed by atoms with Crippen molar-refractivity contribution in [3.05, 3.63) is 84.6 Å². The maximum atomic E-state index is 15.2. The first kappa shape index (κ1) is 21.0. The topological polar surface area (TPSA) is 83.0 Å². The van der Waals surface area contributed by atoms with E-state index in [-0.39, 0.29) is 11.6 Å². The molecule has 1 aliphatic heterocycles. The fourth-order valence-electron chi connectivity index (χ4n) is 4.17. The highest BCUT2D eigenvalue weighted by atomic mass is 19.1. The Bertz CT molecular complexity index is 1270. The van der Waals surface area contributed by atoms with E-state index in [1.807, 2.05) is 30.3 Å². The number of anilines is 3. The molecule has 0 bridgehead atoms. The van der Waals surface area contributed by atoms with Crippen LogP contribution in [0.1, 0.15) is 23.2 Å². The average molecular weight is 442 g/mol. The van der Waals surface area contributed by atoms with Crippen LogP contribution in [-0.4, -0.2) is 40.0 Å². The van der Waals surface area contributed by atoms with Crippen molar-refractivity contribution < 1.29 is 9.18 Å². The van der Waals surface area contributed by atoms with Crippen LogP contribution in [0.3, 0.4) is 0 Å². The Balaban J connectivity index is 1.52. The van der Waals surface area contributed by atoms with Gasteiger partial charge in [0.15, 0.2) is 0 Å². The molecule has 0 saturated carbocycles. The van der Waals surface area contributed by atoms with Gasteiger partial charge in [0, 0.05) is 36.2 Å². The summed E-state index contributed by atoms with van der Waals surface area (Å²) in [5, 5.41) is 8.14. The van der Waals surface area contributed by atoms with Crippen LogP contribution in [0.15, 0.2) is 73.2 Å². The lowest BCUT2D eigenvalue weighted by Gasteiger charge is -2.34. The molecular weight excluding hydrogens is 419 g/mol. The Morgan fingerprint density at radius 2 is 1.88 bits per heavy atom. The van der Waals surface area contributed by atoms with E-state index in [2.05, 4.69) is 25.6 Å². The normalized spacial score (nSPS) is 15.8. The third-order valence-corrected chi connectivity index (χ3v) is 5.76. The van der Waals surface area contributed by atoms with Crippen LogP contribution in [0.5, 0.6) is 0 Å². The van der Waals surface area contributed by atoms with Gasteiger partial charge in [-0.1, -0.05) is 24.3 Å². The first-order valence-corrected chi connectivity index (χ1v) is 10.9. The molecule has 7 nitrogen and oxygen atoms in total. The summed E-state index contributed by atoms with van der Waals surface area (Å²) in [6.45, 7) is 1.53. The SMILES string of the molecule is O=C(c1ccc(Nc2ncccn2)cc1F)N(c1nccc2ccccc12)[C@@H]1CCCNC1. The zero-order valence-electron chi connectivity index (χ0n) is 17.9. The Morgan fingerprint density at radius 3 is 2.67 bits per heavy atom. The van der Waals surface area contributed by atoms with Crippen molar-refractivity contribution in [1.29, 1.82) is 0 Å². The predicted molar refractivity (Wildman–Crippen MR) is 126 cm³/mol. The molecule has 1 fully saturated rings. The summed E-state index contributed by atoms with van der Waals surface area (Å²) in [7, 11) is 0. The Labute approximate surface area is 190 Å². The maximum absolute atomic E-state index is 15.2. The van der Waals surface area contributed by atoms with Crippen molar-refractivity contribution in [3.8, 4) is 0 Å². The third-order valence-electron chi connectivity index (χ3n) is 5.76. The van der Waals surface area contributed by atoms with Crippen molar-refractivity contribution in [3.63, 3.8) is 0 Å². The number of nitrogens with zero attached hydrogens (tertiary/aromatic N) is 4. The number of carbonyl (C=O) groups is 1. The second-order valence-corrected chi connectivity index (χ2v) is 7.92. The third kappa shape index (κ3) is 4.38. The quantitative estimate of drug-likeness (QED) is 0.479. The molecule has 166 valence electrons. The molecule has 0 aliphatic carbocycles. The molecule has 1 aliphatic rings. The minimum atomic E-state index is -0.616. The molecule has 0 radical (unpaired) electrons. The summed E-state index contributed by atoms with van der Waals surface area (Å²) < 4.78 is 15.2. The minimum Gasteiger partial charge on any atom is -0.324 e. The largest absolute Gasteiger partial charge is 0.324 e. The Morgan fingerprint density at radius 1 is 1.03 bits per heavy atom. The molecule has 5 rings (SSSR count). The van der Waals surface area contributed by atoms with E-state index in [4.69, 9.17) is 0 Å². The Hall–Kier alpha value is -3.91. The molecule has 2 N–H and O–H groups in total. The van der Waals surface area contributed by atoms with E-state index >= 15 is 4.39 Å². The molecule has 0 unspecified atom stereocenters. The summed E-state index contributed by atoms with van der Waals surface area (Å²) in [6.07, 6.45) is 6.63. The fraction of sp³-hybridized carbons (Fsp3) is 0.200. The van der Waals surface area contributed by atoms with Crippen LogP contribution in [-0.2, 0) is 0 Å². The first-order valence-electron chi connectivity index (χ1n) is 10.9. The van der Waals surface area contributed by atoms with Crippen molar-refractivity contribution in [2.45, 2.75) is 18.9 Å². The zero-order chi connectivity index (χ0) is 22.6. The van der Waals surface area contributed by atoms with Crippen molar-refractivity contribution in [2.75, 3.05) is 23.3 Å². The maximum Gasteiger partial charge on any atom is 0.262 e. The highest BCUT2D eigenvalue weighted by Crippen LogP contribution is 2.30. The summed E-state index contributed by atoms with van der Waals surface area (Å²) in [4.78, 5) is 28.1. The summed E-state index contributed by atoms with van der Waals surface area (Å²) in [6, 6.07) is 15.7. The predicted octanol–water partition coefficient (Wildman–Crippen LogP) is 4.31. The van der Waals surface area contributed by atoms with Gasteiger partial charge in [-0.25, -0.2) is 19.3 Å². The van der Waals surface area contributed by atoms with Gasteiger partial charge in [0.25, 0.3) is 5.91 Å². The van der Waals surface area contributed by atoms with Gasteiger partial charge < -0.3 is 10.6 Å². The molecule has 8 heteroatoms. The number of aromatic nitrogens is 3. The number of piperidine rings is 1. The van der Waals surface area contributed by atoms with E-state index in [0.717, 1.165) is 30.2 Å². The van der Waals surface area contributed by atoms with E-state index in [1.165, 1.54) is 12.1 Å². The van der Waals surface area contributed by atoms with Crippen molar-refractivity contribution in [2.24, 2.45) is 0 Å². The van der Waals surface area contributed by atoms with E-state index in [1.54, 1.807) is 35.6 Å². The van der Waals surface area contributed by atoms with Crippen LogP contribution in [0.2, 0.25) is 0 Å². The summed E-state index contributed by atoms with van der Waals surface area (Å²) in [5.41, 5.74) is 0.458. The summed E-state index contributed by atoms with van der Waals surface area (Å²) >= 11 is 0. The number of nitrogens with one attached hydrogen (secondary N) is 2. The van der Waals surface area contributed by atoms with Gasteiger partial charge in [-0.15, -0.1) is 0 Å². The molecule has 4 aromatic rings. The van der Waals surface area contributed by atoms with Crippen molar-refractivity contribution >= 4 is 34.1 Å². The van der Waals surface area contributed by atoms with E-state index < -0.39 is 11.7 Å². The van der Waals surface area contributed by atoms with Gasteiger partial charge in [0.1, 0.15) is 11.6 Å². The van der Waals surface area contributed by atoms with Crippen LogP contribution in [0.25, 0.3) is 10.8 Å². The second-order valence-electron chi connectivity index (χ2n) is 7.92. The highest BCUT2D eigenvalue weighted by molar-refractivity contribution is 6.10. The van der Waals surface area contributed by atoms with Gasteiger partial charge in [0.05, 0.1) is 11.6 Å². The molecule has 0 spiro atoms.